The van der Waals surface area contributed by atoms with E-state index in [0.717, 1.165) is 0 Å². The third-order valence-electron chi connectivity index (χ3n) is 1.29. The van der Waals surface area contributed by atoms with Crippen LogP contribution in [0.2, 0.25) is 0 Å². The van der Waals surface area contributed by atoms with Gasteiger partial charge in [-0.15, -0.1) is 0 Å². The molecule has 15 heavy (non-hydrogen) atoms. The molecular formula is C6H8CoLaO7. The molecule has 0 aliphatic carbocycles. The first-order chi connectivity index (χ1) is 5.78. The minimum atomic E-state index is -2.74. The van der Waals surface area contributed by atoms with Crippen LogP contribution >= 0.6 is 0 Å². The third kappa shape index (κ3) is 7.94. The van der Waals surface area contributed by atoms with Gasteiger partial charge in [0, 0.05) is 52.4 Å². The van der Waals surface area contributed by atoms with Crippen LogP contribution in [0.3, 0.4) is 0 Å². The second-order valence-corrected chi connectivity index (χ2v) is 2.48. The maximum absolute atomic E-state index is 10.3. The van der Waals surface area contributed by atoms with Crippen molar-refractivity contribution in [2.24, 2.45) is 0 Å². The van der Waals surface area contributed by atoms with Gasteiger partial charge < -0.3 is 20.4 Å². The van der Waals surface area contributed by atoms with Crippen molar-refractivity contribution in [2.75, 3.05) is 0 Å². The number of rotatable bonds is 5. The smallest absolute Gasteiger partial charge is 0.336 e. The molecule has 0 spiro atoms. The van der Waals surface area contributed by atoms with Crippen LogP contribution in [0.4, 0.5) is 0 Å². The molecule has 86 valence electrons. The van der Waals surface area contributed by atoms with E-state index in [2.05, 4.69) is 0 Å². The van der Waals surface area contributed by atoms with Gasteiger partial charge in [-0.1, -0.05) is 0 Å². The van der Waals surface area contributed by atoms with Crippen molar-refractivity contribution in [1.29, 1.82) is 0 Å². The van der Waals surface area contributed by atoms with Crippen LogP contribution in [0.15, 0.2) is 0 Å². The molecule has 0 rings (SSSR count). The molecule has 0 saturated carbocycles. The Balaban J connectivity index is -0.000000720. The molecule has 0 fully saturated rings. The molecule has 0 aromatic rings. The molecule has 0 bridgehead atoms. The Labute approximate surface area is 123 Å². The Kier molecular flexibility index (Phi) is 11.3. The number of hydrogen-bond donors (Lipinski definition) is 4. The Morgan fingerprint density at radius 3 is 1.33 bits per heavy atom. The van der Waals surface area contributed by atoms with Gasteiger partial charge in [0.25, 0.3) is 0 Å². The average Bonchev–Trinajstić information content (AvgIpc) is 1.82. The van der Waals surface area contributed by atoms with E-state index in [1.165, 1.54) is 0 Å². The predicted molar refractivity (Wildman–Crippen MR) is 37.1 cm³/mol. The molecule has 0 saturated heterocycles. The number of carbonyl (C=O) groups is 3. The van der Waals surface area contributed by atoms with Crippen LogP contribution in [-0.4, -0.2) is 43.9 Å². The molecular weight excluding hydrogens is 382 g/mol. The van der Waals surface area contributed by atoms with E-state index in [9.17, 15) is 14.4 Å². The van der Waals surface area contributed by atoms with Crippen LogP contribution in [-0.2, 0) is 31.2 Å². The van der Waals surface area contributed by atoms with Gasteiger partial charge in [0.05, 0.1) is 12.8 Å². The fraction of sp³-hybridized carbons (Fsp3) is 0.500. The van der Waals surface area contributed by atoms with E-state index < -0.39 is 36.4 Å². The molecule has 9 heteroatoms. The molecule has 0 unspecified atom stereocenters. The Morgan fingerprint density at radius 2 is 1.20 bits per heavy atom. The molecule has 0 amide bonds. The molecule has 0 atom stereocenters. The minimum absolute atomic E-state index is 0. The summed E-state index contributed by atoms with van der Waals surface area (Å²) >= 11 is 0. The van der Waals surface area contributed by atoms with E-state index in [1.54, 1.807) is 0 Å². The molecule has 0 aromatic heterocycles. The van der Waals surface area contributed by atoms with E-state index in [1.807, 2.05) is 0 Å². The van der Waals surface area contributed by atoms with Gasteiger partial charge in [-0.05, 0) is 0 Å². The fourth-order valence-corrected chi connectivity index (χ4v) is 0.714. The van der Waals surface area contributed by atoms with Crippen molar-refractivity contribution in [2.45, 2.75) is 18.4 Å². The van der Waals surface area contributed by atoms with Crippen LogP contribution in [0, 0.1) is 35.6 Å². The first kappa shape index (κ1) is 20.5. The number of carboxylic acids is 3. The zero-order chi connectivity index (χ0) is 10.6. The summed E-state index contributed by atoms with van der Waals surface area (Å²) in [5, 5.41) is 33.8. The zero-order valence-corrected chi connectivity index (χ0v) is 12.0. The van der Waals surface area contributed by atoms with Gasteiger partial charge in [-0.25, -0.2) is 4.79 Å². The average molecular weight is 390 g/mol. The van der Waals surface area contributed by atoms with Crippen LogP contribution in [0.5, 0.6) is 0 Å². The maximum Gasteiger partial charge on any atom is 0.336 e. The van der Waals surface area contributed by atoms with E-state index >= 15 is 0 Å². The summed E-state index contributed by atoms with van der Waals surface area (Å²) in [6, 6.07) is 0. The van der Waals surface area contributed by atoms with Crippen LogP contribution in [0.1, 0.15) is 12.8 Å². The van der Waals surface area contributed by atoms with E-state index in [-0.39, 0.29) is 52.4 Å². The van der Waals surface area contributed by atoms with Crippen LogP contribution in [0.25, 0.3) is 0 Å². The molecule has 4 N–H and O–H groups in total. The largest absolute Gasteiger partial charge is 0.481 e. The van der Waals surface area contributed by atoms with Gasteiger partial charge in [0.15, 0.2) is 5.60 Å². The zero-order valence-electron chi connectivity index (χ0n) is 7.34. The monoisotopic (exact) mass is 390 g/mol. The first-order valence-corrected chi connectivity index (χ1v) is 3.17. The summed E-state index contributed by atoms with van der Waals surface area (Å²) in [5.74, 6) is -5.02. The topological polar surface area (TPSA) is 132 Å². The molecule has 7 nitrogen and oxygen atoms in total. The van der Waals surface area contributed by atoms with Crippen molar-refractivity contribution in [3.8, 4) is 0 Å². The standard InChI is InChI=1S/C6H8O7.Co.La/c7-3(8)1-6(13,5(11)12)2-4(9)10;;/h13H,1-2H2,(H,7,8)(H,9,10)(H,11,12);;. The first-order valence-electron chi connectivity index (χ1n) is 3.17. The van der Waals surface area contributed by atoms with Gasteiger partial charge in [-0.2, -0.15) is 0 Å². The van der Waals surface area contributed by atoms with Crippen molar-refractivity contribution in [3.05, 3.63) is 0 Å². The van der Waals surface area contributed by atoms with Gasteiger partial charge in [-0.3, -0.25) is 9.59 Å². The normalized spacial score (nSPS) is 9.40. The summed E-state index contributed by atoms with van der Waals surface area (Å²) in [6.07, 6.45) is -2.29. The Morgan fingerprint density at radius 1 is 0.933 bits per heavy atom. The van der Waals surface area contributed by atoms with Crippen molar-refractivity contribution >= 4 is 17.9 Å². The number of hydrogen-bond acceptors (Lipinski definition) is 4. The summed E-state index contributed by atoms with van der Waals surface area (Å²) in [5.41, 5.74) is -2.74. The third-order valence-corrected chi connectivity index (χ3v) is 1.29. The molecule has 0 aromatic carbocycles. The quantitative estimate of drug-likeness (QED) is 0.461. The molecule has 0 aliphatic heterocycles. The van der Waals surface area contributed by atoms with Crippen molar-refractivity contribution in [3.63, 3.8) is 0 Å². The summed E-state index contributed by atoms with van der Waals surface area (Å²) < 4.78 is 0. The van der Waals surface area contributed by atoms with Crippen molar-refractivity contribution in [1.82, 2.24) is 0 Å². The number of aliphatic hydroxyl groups is 1. The second-order valence-electron chi connectivity index (χ2n) is 2.48. The van der Waals surface area contributed by atoms with Gasteiger partial charge >= 0.3 is 17.9 Å². The Bertz CT molecular complexity index is 238. The predicted octanol–water partition coefficient (Wildman–Crippen LogP) is -1.25. The summed E-state index contributed by atoms with van der Waals surface area (Å²) in [6.45, 7) is 0. The SMILES string of the molecule is O=C(O)CC(O)(CC(=O)O)C(=O)O.[Co].[La]. The summed E-state index contributed by atoms with van der Waals surface area (Å²) in [4.78, 5) is 30.5. The second kappa shape index (κ2) is 8.25. The Hall–Kier alpha value is 0.0713. The van der Waals surface area contributed by atoms with E-state index in [0.29, 0.717) is 0 Å². The molecule has 0 heterocycles. The summed E-state index contributed by atoms with van der Waals surface area (Å²) in [7, 11) is 0. The minimum Gasteiger partial charge on any atom is -0.481 e. The molecule has 0 aliphatic rings. The van der Waals surface area contributed by atoms with Crippen LogP contribution < -0.4 is 0 Å². The van der Waals surface area contributed by atoms with Crippen molar-refractivity contribution < 1.29 is 87.2 Å². The van der Waals surface area contributed by atoms with Gasteiger partial charge in [0.1, 0.15) is 0 Å². The van der Waals surface area contributed by atoms with E-state index in [4.69, 9.17) is 20.4 Å². The maximum atomic E-state index is 10.3. The fourth-order valence-electron chi connectivity index (χ4n) is 0.714. The number of aliphatic carboxylic acids is 3. The number of carboxylic acid groups (broad SMARTS) is 3. The van der Waals surface area contributed by atoms with Gasteiger partial charge in [0.2, 0.25) is 0 Å². The molecule has 2 radical (unpaired) electrons.